The predicted molar refractivity (Wildman–Crippen MR) is 80.8 cm³/mol. The number of hydrogen-bond acceptors (Lipinski definition) is 2. The summed E-state index contributed by atoms with van der Waals surface area (Å²) in [6.45, 7) is 9.75. The third kappa shape index (κ3) is 4.54. The van der Waals surface area contributed by atoms with E-state index in [-0.39, 0.29) is 0 Å². The van der Waals surface area contributed by atoms with Crippen molar-refractivity contribution in [3.8, 4) is 5.75 Å². The Hall–Kier alpha value is -1.02. The number of rotatable bonds is 8. The molecule has 2 nitrogen and oxygen atoms in total. The van der Waals surface area contributed by atoms with Gasteiger partial charge in [-0.25, -0.2) is 0 Å². The van der Waals surface area contributed by atoms with Crippen LogP contribution in [-0.2, 0) is 0 Å². The van der Waals surface area contributed by atoms with Crippen LogP contribution in [0.25, 0.3) is 0 Å². The first kappa shape index (κ1) is 14.4. The maximum Gasteiger partial charge on any atom is 0.119 e. The first-order valence-electron chi connectivity index (χ1n) is 7.64. The summed E-state index contributed by atoms with van der Waals surface area (Å²) < 4.78 is 5.71. The smallest absolute Gasteiger partial charge is 0.119 e. The van der Waals surface area contributed by atoms with E-state index < -0.39 is 0 Å². The van der Waals surface area contributed by atoms with Crippen LogP contribution in [0.3, 0.4) is 0 Å². The summed E-state index contributed by atoms with van der Waals surface area (Å²) in [5.74, 6) is 3.33. The van der Waals surface area contributed by atoms with Crippen LogP contribution in [0.4, 0.5) is 0 Å². The Balaban J connectivity index is 1.80. The molecule has 0 radical (unpaired) electrons. The number of nitrogens with one attached hydrogen (secondary N) is 1. The fraction of sp³-hybridized carbons (Fsp3) is 0.647. The van der Waals surface area contributed by atoms with E-state index in [4.69, 9.17) is 4.74 Å². The van der Waals surface area contributed by atoms with Crippen molar-refractivity contribution in [2.75, 3.05) is 19.7 Å². The van der Waals surface area contributed by atoms with Crippen LogP contribution in [-0.4, -0.2) is 19.7 Å². The van der Waals surface area contributed by atoms with Crippen molar-refractivity contribution >= 4 is 0 Å². The molecule has 0 aromatic heterocycles. The highest BCUT2D eigenvalue weighted by atomic mass is 16.5. The van der Waals surface area contributed by atoms with E-state index in [2.05, 4.69) is 50.4 Å². The van der Waals surface area contributed by atoms with Gasteiger partial charge >= 0.3 is 0 Å². The molecule has 2 heteroatoms. The highest BCUT2D eigenvalue weighted by Crippen LogP contribution is 2.47. The zero-order valence-corrected chi connectivity index (χ0v) is 12.5. The molecule has 0 heterocycles. The third-order valence-electron chi connectivity index (χ3n) is 3.64. The molecule has 1 fully saturated rings. The van der Waals surface area contributed by atoms with Gasteiger partial charge in [0.2, 0.25) is 0 Å². The maximum atomic E-state index is 5.71. The van der Waals surface area contributed by atoms with Gasteiger partial charge in [0, 0.05) is 0 Å². The molecule has 1 aromatic carbocycles. The van der Waals surface area contributed by atoms with Crippen LogP contribution >= 0.6 is 0 Å². The molecule has 2 unspecified atom stereocenters. The molecule has 19 heavy (non-hydrogen) atoms. The summed E-state index contributed by atoms with van der Waals surface area (Å²) in [6.07, 6.45) is 2.39. The van der Waals surface area contributed by atoms with E-state index in [0.29, 0.717) is 0 Å². The van der Waals surface area contributed by atoms with E-state index in [9.17, 15) is 0 Å². The highest BCUT2D eigenvalue weighted by Gasteiger charge is 2.37. The molecule has 0 amide bonds. The molecular weight excluding hydrogens is 234 g/mol. The molecule has 0 bridgehead atoms. The van der Waals surface area contributed by atoms with Gasteiger partial charge in [-0.05, 0) is 61.4 Å². The molecule has 1 aliphatic rings. The molecule has 0 spiro atoms. The summed E-state index contributed by atoms with van der Waals surface area (Å²) in [5.41, 5.74) is 1.45. The quantitative estimate of drug-likeness (QED) is 0.768. The van der Waals surface area contributed by atoms with Crippen LogP contribution in [0.5, 0.6) is 5.75 Å². The van der Waals surface area contributed by atoms with Crippen molar-refractivity contribution in [3.05, 3.63) is 29.8 Å². The van der Waals surface area contributed by atoms with Gasteiger partial charge in [0.05, 0.1) is 6.61 Å². The second-order valence-electron chi connectivity index (χ2n) is 6.08. The van der Waals surface area contributed by atoms with E-state index in [1.807, 2.05) is 0 Å². The Labute approximate surface area is 117 Å². The second-order valence-corrected chi connectivity index (χ2v) is 6.08. The van der Waals surface area contributed by atoms with Crippen molar-refractivity contribution in [1.29, 1.82) is 0 Å². The van der Waals surface area contributed by atoms with Gasteiger partial charge in [-0.1, -0.05) is 32.9 Å². The average molecular weight is 261 g/mol. The van der Waals surface area contributed by atoms with E-state index in [0.717, 1.165) is 49.6 Å². The van der Waals surface area contributed by atoms with E-state index >= 15 is 0 Å². The lowest BCUT2D eigenvalue weighted by Gasteiger charge is -2.08. The Morgan fingerprint density at radius 1 is 1.37 bits per heavy atom. The molecule has 0 aliphatic heterocycles. The largest absolute Gasteiger partial charge is 0.494 e. The maximum absolute atomic E-state index is 5.71. The zero-order valence-electron chi connectivity index (χ0n) is 12.5. The first-order chi connectivity index (χ1) is 9.20. The lowest BCUT2D eigenvalue weighted by Crippen LogP contribution is -2.22. The van der Waals surface area contributed by atoms with Crippen LogP contribution in [0, 0.1) is 11.8 Å². The van der Waals surface area contributed by atoms with Gasteiger partial charge in [0.15, 0.2) is 0 Å². The fourth-order valence-corrected chi connectivity index (χ4v) is 2.49. The summed E-state index contributed by atoms with van der Waals surface area (Å²) in [4.78, 5) is 0. The van der Waals surface area contributed by atoms with Crippen LogP contribution in [0.15, 0.2) is 24.3 Å². The molecule has 1 N–H and O–H groups in total. The normalized spacial score (nSPS) is 21.7. The molecule has 1 saturated carbocycles. The van der Waals surface area contributed by atoms with Gasteiger partial charge < -0.3 is 10.1 Å². The standard InChI is InChI=1S/C17H27NO/c1-4-8-19-16-7-5-6-14(9-16)17-10-15(17)12-18-11-13(2)3/h5-7,9,13,15,17-18H,4,8,10-12H2,1-3H3. The van der Waals surface area contributed by atoms with E-state index in [1.54, 1.807) is 0 Å². The fourth-order valence-electron chi connectivity index (χ4n) is 2.49. The van der Waals surface area contributed by atoms with Crippen molar-refractivity contribution in [2.45, 2.75) is 39.5 Å². The van der Waals surface area contributed by atoms with Gasteiger partial charge in [-0.3, -0.25) is 0 Å². The van der Waals surface area contributed by atoms with Gasteiger partial charge in [-0.15, -0.1) is 0 Å². The molecule has 1 aromatic rings. The summed E-state index contributed by atoms with van der Waals surface area (Å²) >= 11 is 0. The summed E-state index contributed by atoms with van der Waals surface area (Å²) in [5, 5.41) is 3.56. The van der Waals surface area contributed by atoms with Gasteiger partial charge in [0.1, 0.15) is 5.75 Å². The van der Waals surface area contributed by atoms with Crippen molar-refractivity contribution in [2.24, 2.45) is 11.8 Å². The van der Waals surface area contributed by atoms with E-state index in [1.165, 1.54) is 12.0 Å². The van der Waals surface area contributed by atoms with Crippen molar-refractivity contribution in [1.82, 2.24) is 5.32 Å². The minimum absolute atomic E-state index is 0.739. The monoisotopic (exact) mass is 261 g/mol. The highest BCUT2D eigenvalue weighted by molar-refractivity contribution is 5.34. The minimum Gasteiger partial charge on any atom is -0.494 e. The van der Waals surface area contributed by atoms with Gasteiger partial charge in [-0.2, -0.15) is 0 Å². The third-order valence-corrected chi connectivity index (χ3v) is 3.64. The molecular formula is C17H27NO. The molecule has 1 aliphatic carbocycles. The Morgan fingerprint density at radius 2 is 2.21 bits per heavy atom. The summed E-state index contributed by atoms with van der Waals surface area (Å²) in [6, 6.07) is 8.65. The Bertz CT molecular complexity index is 389. The lowest BCUT2D eigenvalue weighted by molar-refractivity contribution is 0.317. The van der Waals surface area contributed by atoms with Crippen molar-refractivity contribution < 1.29 is 4.74 Å². The van der Waals surface area contributed by atoms with Crippen LogP contribution in [0.1, 0.15) is 45.1 Å². The SMILES string of the molecule is CCCOc1cccc(C2CC2CNCC(C)C)c1. The van der Waals surface area contributed by atoms with Crippen LogP contribution in [0.2, 0.25) is 0 Å². The molecule has 0 saturated heterocycles. The first-order valence-corrected chi connectivity index (χ1v) is 7.64. The zero-order chi connectivity index (χ0) is 13.7. The molecule has 2 atom stereocenters. The Morgan fingerprint density at radius 3 is 2.95 bits per heavy atom. The van der Waals surface area contributed by atoms with Crippen LogP contribution < -0.4 is 10.1 Å². The second kappa shape index (κ2) is 6.95. The van der Waals surface area contributed by atoms with Crippen molar-refractivity contribution in [3.63, 3.8) is 0 Å². The predicted octanol–water partition coefficient (Wildman–Crippen LogP) is 3.82. The molecule has 106 valence electrons. The number of benzene rings is 1. The number of hydrogen-bond donors (Lipinski definition) is 1. The number of ether oxygens (including phenoxy) is 1. The Kier molecular flexibility index (Phi) is 5.26. The molecule has 2 rings (SSSR count). The average Bonchev–Trinajstić information content (AvgIpc) is 3.16. The summed E-state index contributed by atoms with van der Waals surface area (Å²) in [7, 11) is 0. The van der Waals surface area contributed by atoms with Gasteiger partial charge in [0.25, 0.3) is 0 Å². The lowest BCUT2D eigenvalue weighted by atomic mass is 10.1. The minimum atomic E-state index is 0.739. The topological polar surface area (TPSA) is 21.3 Å².